The third-order valence-electron chi connectivity index (χ3n) is 4.04. The van der Waals surface area contributed by atoms with Crippen molar-refractivity contribution in [2.24, 2.45) is 0 Å². The van der Waals surface area contributed by atoms with Gasteiger partial charge in [-0.2, -0.15) is 0 Å². The first kappa shape index (κ1) is 18.4. The SMILES string of the molecule is COc1ccc(N(CCC(=O)N2CCCC2)S(C)(=O)=O)cc1OC. The molecule has 24 heavy (non-hydrogen) atoms. The zero-order chi connectivity index (χ0) is 17.7. The van der Waals surface area contributed by atoms with Crippen LogP contribution in [0.25, 0.3) is 0 Å². The first-order valence-corrected chi connectivity index (χ1v) is 9.69. The average molecular weight is 356 g/mol. The van der Waals surface area contributed by atoms with Crippen molar-refractivity contribution in [3.63, 3.8) is 0 Å². The van der Waals surface area contributed by atoms with Gasteiger partial charge in [0.25, 0.3) is 0 Å². The molecular weight excluding hydrogens is 332 g/mol. The molecule has 1 heterocycles. The second-order valence-electron chi connectivity index (χ2n) is 5.71. The van der Waals surface area contributed by atoms with Crippen molar-refractivity contribution in [1.82, 2.24) is 4.90 Å². The maximum absolute atomic E-state index is 12.2. The Morgan fingerprint density at radius 3 is 2.33 bits per heavy atom. The Morgan fingerprint density at radius 1 is 1.17 bits per heavy atom. The van der Waals surface area contributed by atoms with Gasteiger partial charge in [0.2, 0.25) is 15.9 Å². The molecule has 1 aromatic carbocycles. The quantitative estimate of drug-likeness (QED) is 0.740. The van der Waals surface area contributed by atoms with Crippen molar-refractivity contribution in [2.75, 3.05) is 44.4 Å². The van der Waals surface area contributed by atoms with Crippen molar-refractivity contribution >= 4 is 21.6 Å². The van der Waals surface area contributed by atoms with Gasteiger partial charge in [0.05, 0.1) is 26.2 Å². The van der Waals surface area contributed by atoms with Crippen molar-refractivity contribution < 1.29 is 22.7 Å². The summed E-state index contributed by atoms with van der Waals surface area (Å²) in [5.41, 5.74) is 0.448. The molecule has 2 rings (SSSR count). The summed E-state index contributed by atoms with van der Waals surface area (Å²) in [6.45, 7) is 1.62. The molecule has 1 amide bonds. The van der Waals surface area contributed by atoms with E-state index in [0.29, 0.717) is 17.2 Å². The van der Waals surface area contributed by atoms with Gasteiger partial charge >= 0.3 is 0 Å². The number of amides is 1. The normalized spacial score (nSPS) is 14.5. The topological polar surface area (TPSA) is 76.2 Å². The Hall–Kier alpha value is -1.96. The first-order chi connectivity index (χ1) is 11.4. The Kier molecular flexibility index (Phi) is 5.93. The molecule has 0 radical (unpaired) electrons. The molecule has 0 saturated carbocycles. The highest BCUT2D eigenvalue weighted by molar-refractivity contribution is 7.92. The molecule has 1 fully saturated rings. The van der Waals surface area contributed by atoms with E-state index in [4.69, 9.17) is 9.47 Å². The number of nitrogens with zero attached hydrogens (tertiary/aromatic N) is 2. The molecule has 1 aliphatic rings. The third kappa shape index (κ3) is 4.31. The summed E-state index contributed by atoms with van der Waals surface area (Å²) in [6, 6.07) is 4.89. The summed E-state index contributed by atoms with van der Waals surface area (Å²) in [5, 5.41) is 0. The molecule has 0 N–H and O–H groups in total. The summed E-state index contributed by atoms with van der Waals surface area (Å²) in [4.78, 5) is 14.0. The monoisotopic (exact) mass is 356 g/mol. The van der Waals surface area contributed by atoms with Gasteiger partial charge < -0.3 is 14.4 Å². The summed E-state index contributed by atoms with van der Waals surface area (Å²) in [7, 11) is -0.512. The van der Waals surface area contributed by atoms with E-state index in [-0.39, 0.29) is 18.9 Å². The van der Waals surface area contributed by atoms with Gasteiger partial charge in [-0.25, -0.2) is 8.42 Å². The second kappa shape index (κ2) is 7.74. The Bertz CT molecular complexity index is 684. The second-order valence-corrected chi connectivity index (χ2v) is 7.62. The minimum absolute atomic E-state index is 0.0124. The molecule has 7 nitrogen and oxygen atoms in total. The van der Waals surface area contributed by atoms with Gasteiger partial charge in [-0.1, -0.05) is 0 Å². The zero-order valence-corrected chi connectivity index (χ0v) is 15.1. The molecule has 0 atom stereocenters. The maximum atomic E-state index is 12.2. The molecule has 1 aromatic rings. The van der Waals surface area contributed by atoms with Gasteiger partial charge in [-0.3, -0.25) is 9.10 Å². The van der Waals surface area contributed by atoms with Crippen LogP contribution in [0.4, 0.5) is 5.69 Å². The lowest BCUT2D eigenvalue weighted by Gasteiger charge is -2.24. The smallest absolute Gasteiger partial charge is 0.232 e. The average Bonchev–Trinajstić information content (AvgIpc) is 3.07. The van der Waals surface area contributed by atoms with Crippen molar-refractivity contribution in [3.8, 4) is 11.5 Å². The molecule has 1 saturated heterocycles. The van der Waals surface area contributed by atoms with Crippen LogP contribution in [0.3, 0.4) is 0 Å². The number of sulfonamides is 1. The fourth-order valence-electron chi connectivity index (χ4n) is 2.79. The van der Waals surface area contributed by atoms with E-state index in [1.54, 1.807) is 23.1 Å². The minimum atomic E-state index is -3.52. The first-order valence-electron chi connectivity index (χ1n) is 7.84. The minimum Gasteiger partial charge on any atom is -0.493 e. The lowest BCUT2D eigenvalue weighted by molar-refractivity contribution is -0.129. The Balaban J connectivity index is 2.18. The summed E-state index contributed by atoms with van der Waals surface area (Å²) >= 11 is 0. The molecule has 0 aliphatic carbocycles. The van der Waals surface area contributed by atoms with Gasteiger partial charge in [-0.15, -0.1) is 0 Å². The van der Waals surface area contributed by atoms with Gasteiger partial charge in [0.1, 0.15) is 0 Å². The van der Waals surface area contributed by atoms with Crippen molar-refractivity contribution in [3.05, 3.63) is 18.2 Å². The summed E-state index contributed by atoms with van der Waals surface area (Å²) in [6.07, 6.45) is 3.31. The van der Waals surface area contributed by atoms with E-state index in [1.807, 2.05) is 0 Å². The fourth-order valence-corrected chi connectivity index (χ4v) is 3.71. The number of ether oxygens (including phenoxy) is 2. The molecule has 1 aliphatic heterocycles. The number of methoxy groups -OCH3 is 2. The lowest BCUT2D eigenvalue weighted by atomic mass is 10.2. The highest BCUT2D eigenvalue weighted by Gasteiger charge is 2.23. The Labute approximate surface area is 143 Å². The molecule has 0 aromatic heterocycles. The van der Waals surface area contributed by atoms with E-state index in [1.165, 1.54) is 18.5 Å². The van der Waals surface area contributed by atoms with E-state index in [2.05, 4.69) is 0 Å². The van der Waals surface area contributed by atoms with Crippen molar-refractivity contribution in [2.45, 2.75) is 19.3 Å². The number of anilines is 1. The standard InChI is InChI=1S/C16H24N2O5S/c1-22-14-7-6-13(12-15(14)23-2)18(24(3,20)21)11-8-16(19)17-9-4-5-10-17/h6-7,12H,4-5,8-11H2,1-3H3. The van der Waals surface area contributed by atoms with Gasteiger partial charge in [0.15, 0.2) is 11.5 Å². The number of likely N-dealkylation sites (tertiary alicyclic amines) is 1. The van der Waals surface area contributed by atoms with Crippen LogP contribution in [0.2, 0.25) is 0 Å². The molecule has 0 unspecified atom stereocenters. The van der Waals surface area contributed by atoms with E-state index < -0.39 is 10.0 Å². The number of benzene rings is 1. The maximum Gasteiger partial charge on any atom is 0.232 e. The van der Waals surface area contributed by atoms with Crippen LogP contribution in [0.15, 0.2) is 18.2 Å². The highest BCUT2D eigenvalue weighted by atomic mass is 32.2. The van der Waals surface area contributed by atoms with Crippen LogP contribution in [-0.4, -0.2) is 59.3 Å². The summed E-state index contributed by atoms with van der Waals surface area (Å²) in [5.74, 6) is 0.944. The van der Waals surface area contributed by atoms with Crippen LogP contribution < -0.4 is 13.8 Å². The van der Waals surface area contributed by atoms with Crippen LogP contribution >= 0.6 is 0 Å². The van der Waals surface area contributed by atoms with Crippen LogP contribution in [0.5, 0.6) is 11.5 Å². The number of rotatable bonds is 7. The number of hydrogen-bond donors (Lipinski definition) is 0. The predicted molar refractivity (Wildman–Crippen MR) is 92.2 cm³/mol. The number of carbonyl (C=O) groups excluding carboxylic acids is 1. The highest BCUT2D eigenvalue weighted by Crippen LogP contribution is 2.32. The molecule has 0 bridgehead atoms. The zero-order valence-electron chi connectivity index (χ0n) is 14.3. The molecular formula is C16H24N2O5S. The lowest BCUT2D eigenvalue weighted by Crippen LogP contribution is -2.35. The van der Waals surface area contributed by atoms with Crippen LogP contribution in [0, 0.1) is 0 Å². The number of carbonyl (C=O) groups is 1. The molecule has 134 valence electrons. The van der Waals surface area contributed by atoms with Crippen molar-refractivity contribution in [1.29, 1.82) is 0 Å². The number of hydrogen-bond acceptors (Lipinski definition) is 5. The van der Waals surface area contributed by atoms with E-state index >= 15 is 0 Å². The Morgan fingerprint density at radius 2 is 1.79 bits per heavy atom. The molecule has 0 spiro atoms. The van der Waals surface area contributed by atoms with Gasteiger partial charge in [-0.05, 0) is 25.0 Å². The van der Waals surface area contributed by atoms with E-state index in [9.17, 15) is 13.2 Å². The third-order valence-corrected chi connectivity index (χ3v) is 5.24. The fraction of sp³-hybridized carbons (Fsp3) is 0.562. The molecule has 8 heteroatoms. The van der Waals surface area contributed by atoms with Crippen LogP contribution in [-0.2, 0) is 14.8 Å². The predicted octanol–water partition coefficient (Wildman–Crippen LogP) is 1.48. The largest absolute Gasteiger partial charge is 0.493 e. The summed E-state index contributed by atoms with van der Waals surface area (Å²) < 4.78 is 35.9. The van der Waals surface area contributed by atoms with Crippen LogP contribution in [0.1, 0.15) is 19.3 Å². The van der Waals surface area contributed by atoms with Gasteiger partial charge in [0, 0.05) is 32.1 Å². The van der Waals surface area contributed by atoms with E-state index in [0.717, 1.165) is 32.2 Å².